The standard InChI is InChI=1S/C17H16BrN3O2S/c1-21-16(14-11-12(18)7-8-15(14)22)19-20-17(21)24-10-9-23-13-5-3-2-4-6-13/h2-8,11,22H,9-10H2,1H3. The highest BCUT2D eigenvalue weighted by Crippen LogP contribution is 2.31. The molecule has 0 aliphatic heterocycles. The summed E-state index contributed by atoms with van der Waals surface area (Å²) >= 11 is 4.97. The third-order valence-electron chi connectivity index (χ3n) is 3.36. The third kappa shape index (κ3) is 3.91. The van der Waals surface area contributed by atoms with Crippen LogP contribution in [0.4, 0.5) is 0 Å². The number of benzene rings is 2. The number of phenolic OH excluding ortho intramolecular Hbond substituents is 1. The molecular formula is C17H16BrN3O2S. The van der Waals surface area contributed by atoms with Gasteiger partial charge in [-0.25, -0.2) is 0 Å². The van der Waals surface area contributed by atoms with E-state index in [0.717, 1.165) is 21.1 Å². The van der Waals surface area contributed by atoms with E-state index in [4.69, 9.17) is 4.74 Å². The highest BCUT2D eigenvalue weighted by Gasteiger charge is 2.14. The van der Waals surface area contributed by atoms with Gasteiger partial charge in [0, 0.05) is 17.3 Å². The smallest absolute Gasteiger partial charge is 0.191 e. The van der Waals surface area contributed by atoms with E-state index in [1.54, 1.807) is 23.9 Å². The molecular weight excluding hydrogens is 390 g/mol. The van der Waals surface area contributed by atoms with Crippen LogP contribution in [0.15, 0.2) is 58.2 Å². The lowest BCUT2D eigenvalue weighted by atomic mass is 10.2. The topological polar surface area (TPSA) is 60.2 Å². The molecule has 0 spiro atoms. The van der Waals surface area contributed by atoms with Gasteiger partial charge < -0.3 is 14.4 Å². The molecule has 124 valence electrons. The second-order valence-corrected chi connectivity index (χ2v) is 7.01. The van der Waals surface area contributed by atoms with Gasteiger partial charge in [0.25, 0.3) is 0 Å². The quantitative estimate of drug-likeness (QED) is 0.493. The van der Waals surface area contributed by atoms with Crippen molar-refractivity contribution in [1.29, 1.82) is 0 Å². The number of ether oxygens (including phenoxy) is 1. The first-order valence-corrected chi connectivity index (χ1v) is 9.12. The number of aromatic hydroxyl groups is 1. The van der Waals surface area contributed by atoms with Gasteiger partial charge in [-0.2, -0.15) is 0 Å². The van der Waals surface area contributed by atoms with Gasteiger partial charge in [-0.05, 0) is 30.3 Å². The molecule has 0 aliphatic carbocycles. The minimum atomic E-state index is 0.178. The van der Waals surface area contributed by atoms with Crippen LogP contribution in [-0.2, 0) is 7.05 Å². The van der Waals surface area contributed by atoms with Crippen LogP contribution in [0.25, 0.3) is 11.4 Å². The van der Waals surface area contributed by atoms with Crippen LogP contribution in [0.1, 0.15) is 0 Å². The van der Waals surface area contributed by atoms with Crippen molar-refractivity contribution in [2.24, 2.45) is 7.05 Å². The van der Waals surface area contributed by atoms with Crippen LogP contribution in [-0.4, -0.2) is 32.2 Å². The predicted octanol–water partition coefficient (Wildman–Crippen LogP) is 4.12. The number of rotatable bonds is 6. The van der Waals surface area contributed by atoms with Crippen LogP contribution in [0, 0.1) is 0 Å². The third-order valence-corrected chi connectivity index (χ3v) is 4.84. The van der Waals surface area contributed by atoms with Gasteiger partial charge in [0.1, 0.15) is 11.5 Å². The van der Waals surface area contributed by atoms with Crippen molar-refractivity contribution in [3.8, 4) is 22.9 Å². The number of phenols is 1. The average Bonchev–Trinajstić information content (AvgIpc) is 2.95. The Morgan fingerprint density at radius 3 is 2.75 bits per heavy atom. The Balaban J connectivity index is 1.64. The predicted molar refractivity (Wildman–Crippen MR) is 98.5 cm³/mol. The first-order valence-electron chi connectivity index (χ1n) is 7.34. The van der Waals surface area contributed by atoms with Crippen LogP contribution in [0.2, 0.25) is 0 Å². The zero-order valence-corrected chi connectivity index (χ0v) is 15.4. The second kappa shape index (κ2) is 7.72. The SMILES string of the molecule is Cn1c(SCCOc2ccccc2)nnc1-c1cc(Br)ccc1O. The molecule has 1 heterocycles. The van der Waals surface area contributed by atoms with Crippen LogP contribution in [0.3, 0.4) is 0 Å². The normalized spacial score (nSPS) is 10.8. The summed E-state index contributed by atoms with van der Waals surface area (Å²) in [4.78, 5) is 0. The van der Waals surface area contributed by atoms with Crippen molar-refractivity contribution in [2.45, 2.75) is 5.16 Å². The number of hydrogen-bond donors (Lipinski definition) is 1. The fourth-order valence-electron chi connectivity index (χ4n) is 2.17. The Kier molecular flexibility index (Phi) is 5.42. The zero-order chi connectivity index (χ0) is 16.9. The Labute approximate surface area is 152 Å². The number of halogens is 1. The lowest BCUT2D eigenvalue weighted by Crippen LogP contribution is -2.02. The zero-order valence-electron chi connectivity index (χ0n) is 13.0. The maximum Gasteiger partial charge on any atom is 0.191 e. The molecule has 0 amide bonds. The molecule has 0 radical (unpaired) electrons. The van der Waals surface area contributed by atoms with Crippen molar-refractivity contribution in [1.82, 2.24) is 14.8 Å². The lowest BCUT2D eigenvalue weighted by molar-refractivity contribution is 0.344. The molecule has 1 N–H and O–H groups in total. The highest BCUT2D eigenvalue weighted by molar-refractivity contribution is 9.10. The van der Waals surface area contributed by atoms with Crippen molar-refractivity contribution in [3.05, 3.63) is 53.0 Å². The summed E-state index contributed by atoms with van der Waals surface area (Å²) in [7, 11) is 1.88. The highest BCUT2D eigenvalue weighted by atomic mass is 79.9. The van der Waals surface area contributed by atoms with Gasteiger partial charge in [-0.15, -0.1) is 10.2 Å². The molecule has 5 nitrogen and oxygen atoms in total. The largest absolute Gasteiger partial charge is 0.507 e. The maximum atomic E-state index is 10.0. The van der Waals surface area contributed by atoms with Crippen LogP contribution >= 0.6 is 27.7 Å². The van der Waals surface area contributed by atoms with E-state index in [-0.39, 0.29) is 5.75 Å². The molecule has 0 fully saturated rings. The van der Waals surface area contributed by atoms with Gasteiger partial charge in [-0.3, -0.25) is 0 Å². The van der Waals surface area contributed by atoms with Gasteiger partial charge >= 0.3 is 0 Å². The molecule has 0 atom stereocenters. The van der Waals surface area contributed by atoms with Gasteiger partial charge in [0.15, 0.2) is 11.0 Å². The molecule has 0 aliphatic rings. The summed E-state index contributed by atoms with van der Waals surface area (Å²) in [5.41, 5.74) is 0.645. The molecule has 7 heteroatoms. The van der Waals surface area contributed by atoms with E-state index in [9.17, 15) is 5.11 Å². The molecule has 24 heavy (non-hydrogen) atoms. The number of para-hydroxylation sites is 1. The number of hydrogen-bond acceptors (Lipinski definition) is 5. The fourth-order valence-corrected chi connectivity index (χ4v) is 3.26. The Morgan fingerprint density at radius 1 is 1.17 bits per heavy atom. The van der Waals surface area contributed by atoms with Crippen molar-refractivity contribution < 1.29 is 9.84 Å². The summed E-state index contributed by atoms with van der Waals surface area (Å²) in [6.07, 6.45) is 0. The van der Waals surface area contributed by atoms with Crippen molar-refractivity contribution in [2.75, 3.05) is 12.4 Å². The summed E-state index contributed by atoms with van der Waals surface area (Å²) in [5.74, 6) is 2.42. The van der Waals surface area contributed by atoms with E-state index in [0.29, 0.717) is 18.0 Å². The molecule has 0 saturated heterocycles. The molecule has 3 aromatic rings. The molecule has 2 aromatic carbocycles. The summed E-state index contributed by atoms with van der Waals surface area (Å²) < 4.78 is 8.42. The van der Waals surface area contributed by atoms with Crippen molar-refractivity contribution in [3.63, 3.8) is 0 Å². The van der Waals surface area contributed by atoms with E-state index in [2.05, 4.69) is 26.1 Å². The minimum absolute atomic E-state index is 0.178. The molecule has 0 unspecified atom stereocenters. The van der Waals surface area contributed by atoms with E-state index in [1.165, 1.54) is 0 Å². The fraction of sp³-hybridized carbons (Fsp3) is 0.176. The van der Waals surface area contributed by atoms with E-state index < -0.39 is 0 Å². The summed E-state index contributed by atoms with van der Waals surface area (Å²) in [5, 5.41) is 19.2. The van der Waals surface area contributed by atoms with Gasteiger partial charge in [0.05, 0.1) is 12.2 Å². The lowest BCUT2D eigenvalue weighted by Gasteiger charge is -2.07. The summed E-state index contributed by atoms with van der Waals surface area (Å²) in [6.45, 7) is 0.582. The van der Waals surface area contributed by atoms with E-state index in [1.807, 2.05) is 48.0 Å². The monoisotopic (exact) mass is 405 g/mol. The van der Waals surface area contributed by atoms with Crippen LogP contribution < -0.4 is 4.74 Å². The first kappa shape index (κ1) is 16.9. The van der Waals surface area contributed by atoms with Crippen molar-refractivity contribution >= 4 is 27.7 Å². The number of nitrogens with zero attached hydrogens (tertiary/aromatic N) is 3. The molecule has 0 saturated carbocycles. The van der Waals surface area contributed by atoms with E-state index >= 15 is 0 Å². The minimum Gasteiger partial charge on any atom is -0.507 e. The Bertz CT molecular complexity index is 824. The average molecular weight is 406 g/mol. The second-order valence-electron chi connectivity index (χ2n) is 5.04. The van der Waals surface area contributed by atoms with Crippen LogP contribution in [0.5, 0.6) is 11.5 Å². The number of thioether (sulfide) groups is 1. The Hall–Kier alpha value is -1.99. The van der Waals surface area contributed by atoms with Gasteiger partial charge in [0.2, 0.25) is 0 Å². The Morgan fingerprint density at radius 2 is 1.96 bits per heavy atom. The molecule has 1 aromatic heterocycles. The first-order chi connectivity index (χ1) is 11.6. The summed E-state index contributed by atoms with van der Waals surface area (Å²) in [6, 6.07) is 15.0. The molecule has 0 bridgehead atoms. The van der Waals surface area contributed by atoms with Gasteiger partial charge in [-0.1, -0.05) is 45.9 Å². The molecule has 3 rings (SSSR count). The maximum absolute atomic E-state index is 10.0. The number of aromatic nitrogens is 3.